The van der Waals surface area contributed by atoms with E-state index in [0.717, 1.165) is 5.56 Å². The Morgan fingerprint density at radius 1 is 1.08 bits per heavy atom. The number of nitrogens with zero attached hydrogens (tertiary/aromatic N) is 2. The van der Waals surface area contributed by atoms with E-state index in [4.69, 9.17) is 0 Å². The number of hydrogen-bond acceptors (Lipinski definition) is 4. The predicted molar refractivity (Wildman–Crippen MR) is 97.7 cm³/mol. The summed E-state index contributed by atoms with van der Waals surface area (Å²) in [6, 6.07) is 14.1. The molecule has 0 unspecified atom stereocenters. The van der Waals surface area contributed by atoms with Gasteiger partial charge in [-0.3, -0.25) is 19.0 Å². The Morgan fingerprint density at radius 3 is 2.54 bits per heavy atom. The SMILES string of the molecule is CNC(=O)c1ccc(CNC(=O)Cn2c(=O)cnc3ccccc32)cc1. The van der Waals surface area contributed by atoms with E-state index in [2.05, 4.69) is 15.6 Å². The number of nitrogens with one attached hydrogen (secondary N) is 2. The van der Waals surface area contributed by atoms with Crippen molar-refractivity contribution in [2.45, 2.75) is 13.1 Å². The Kier molecular flexibility index (Phi) is 5.07. The summed E-state index contributed by atoms with van der Waals surface area (Å²) in [5, 5.41) is 5.33. The van der Waals surface area contributed by atoms with Gasteiger partial charge >= 0.3 is 0 Å². The number of rotatable bonds is 5. The summed E-state index contributed by atoms with van der Waals surface area (Å²) < 4.78 is 1.40. The van der Waals surface area contributed by atoms with Crippen LogP contribution in [0.3, 0.4) is 0 Å². The highest BCUT2D eigenvalue weighted by atomic mass is 16.2. The molecule has 1 heterocycles. The van der Waals surface area contributed by atoms with Crippen molar-refractivity contribution in [1.82, 2.24) is 20.2 Å². The topological polar surface area (TPSA) is 93.1 Å². The molecule has 7 nitrogen and oxygen atoms in total. The van der Waals surface area contributed by atoms with E-state index in [-0.39, 0.29) is 23.9 Å². The van der Waals surface area contributed by atoms with Gasteiger partial charge in [0.1, 0.15) is 6.54 Å². The highest BCUT2D eigenvalue weighted by Gasteiger charge is 2.09. The van der Waals surface area contributed by atoms with Gasteiger partial charge in [-0.05, 0) is 29.8 Å². The Balaban J connectivity index is 1.67. The molecule has 0 bridgehead atoms. The van der Waals surface area contributed by atoms with Crippen LogP contribution in [0.15, 0.2) is 59.5 Å². The monoisotopic (exact) mass is 350 g/mol. The first kappa shape index (κ1) is 17.3. The zero-order valence-corrected chi connectivity index (χ0v) is 14.2. The van der Waals surface area contributed by atoms with Gasteiger partial charge in [0.05, 0.1) is 17.2 Å². The van der Waals surface area contributed by atoms with Crippen LogP contribution in [0.25, 0.3) is 11.0 Å². The standard InChI is InChI=1S/C19H18N4O3/c1-20-19(26)14-8-6-13(7-9-14)10-22-17(24)12-23-16-5-3-2-4-15(16)21-11-18(23)25/h2-9,11H,10,12H2,1H3,(H,20,26)(H,22,24). The summed E-state index contributed by atoms with van der Waals surface area (Å²) in [4.78, 5) is 39.9. The van der Waals surface area contributed by atoms with Crippen LogP contribution >= 0.6 is 0 Å². The molecule has 1 aromatic heterocycles. The number of aromatic nitrogens is 2. The van der Waals surface area contributed by atoms with E-state index in [9.17, 15) is 14.4 Å². The maximum atomic E-state index is 12.2. The zero-order valence-electron chi connectivity index (χ0n) is 14.2. The van der Waals surface area contributed by atoms with Gasteiger partial charge in [-0.1, -0.05) is 24.3 Å². The maximum absolute atomic E-state index is 12.2. The van der Waals surface area contributed by atoms with Gasteiger partial charge in [-0.15, -0.1) is 0 Å². The molecule has 26 heavy (non-hydrogen) atoms. The second-order valence-electron chi connectivity index (χ2n) is 5.72. The lowest BCUT2D eigenvalue weighted by atomic mass is 10.1. The van der Waals surface area contributed by atoms with Gasteiger partial charge in [0.25, 0.3) is 11.5 Å². The number of carbonyl (C=O) groups is 2. The molecule has 7 heteroatoms. The predicted octanol–water partition coefficient (Wildman–Crippen LogP) is 1.07. The Bertz CT molecular complexity index is 1010. The number of fused-ring (bicyclic) bond motifs is 1. The first-order valence-corrected chi connectivity index (χ1v) is 8.11. The molecule has 3 rings (SSSR count). The highest BCUT2D eigenvalue weighted by Crippen LogP contribution is 2.08. The molecule has 0 aliphatic carbocycles. The fraction of sp³-hybridized carbons (Fsp3) is 0.158. The van der Waals surface area contributed by atoms with Crippen LogP contribution in [-0.4, -0.2) is 28.4 Å². The van der Waals surface area contributed by atoms with E-state index in [1.165, 1.54) is 10.8 Å². The summed E-state index contributed by atoms with van der Waals surface area (Å²) in [5.74, 6) is -0.441. The van der Waals surface area contributed by atoms with E-state index in [1.807, 2.05) is 6.07 Å². The largest absolute Gasteiger partial charge is 0.355 e. The third-order valence-corrected chi connectivity index (χ3v) is 3.99. The number of hydrogen-bond donors (Lipinski definition) is 2. The van der Waals surface area contributed by atoms with Gasteiger partial charge in [-0.25, -0.2) is 4.98 Å². The molecule has 2 amide bonds. The number of carbonyl (C=O) groups excluding carboxylic acids is 2. The van der Waals surface area contributed by atoms with E-state index in [0.29, 0.717) is 23.1 Å². The highest BCUT2D eigenvalue weighted by molar-refractivity contribution is 5.93. The van der Waals surface area contributed by atoms with Crippen LogP contribution in [0.4, 0.5) is 0 Å². The van der Waals surface area contributed by atoms with Crippen LogP contribution in [0.1, 0.15) is 15.9 Å². The molecule has 0 aliphatic heterocycles. The lowest BCUT2D eigenvalue weighted by Crippen LogP contribution is -2.32. The van der Waals surface area contributed by atoms with Crippen molar-refractivity contribution in [1.29, 1.82) is 0 Å². The second kappa shape index (κ2) is 7.60. The summed E-state index contributed by atoms with van der Waals surface area (Å²) in [6.07, 6.45) is 1.22. The molecule has 0 aliphatic rings. The zero-order chi connectivity index (χ0) is 18.5. The van der Waals surface area contributed by atoms with Crippen molar-refractivity contribution >= 4 is 22.8 Å². The normalized spacial score (nSPS) is 10.5. The van der Waals surface area contributed by atoms with E-state index < -0.39 is 0 Å². The fourth-order valence-electron chi connectivity index (χ4n) is 2.60. The lowest BCUT2D eigenvalue weighted by molar-refractivity contribution is -0.121. The summed E-state index contributed by atoms with van der Waals surface area (Å²) in [6.45, 7) is 0.225. The van der Waals surface area contributed by atoms with Gasteiger partial charge in [0, 0.05) is 19.2 Å². The molecule has 0 radical (unpaired) electrons. The molecule has 132 valence electrons. The fourth-order valence-corrected chi connectivity index (χ4v) is 2.60. The number of benzene rings is 2. The molecule has 0 atom stereocenters. The van der Waals surface area contributed by atoms with Gasteiger partial charge in [0.2, 0.25) is 5.91 Å². The first-order chi connectivity index (χ1) is 12.6. The van der Waals surface area contributed by atoms with Crippen LogP contribution in [0, 0.1) is 0 Å². The summed E-state index contributed by atoms with van der Waals surface area (Å²) >= 11 is 0. The average Bonchev–Trinajstić information content (AvgIpc) is 2.68. The first-order valence-electron chi connectivity index (χ1n) is 8.11. The van der Waals surface area contributed by atoms with Crippen LogP contribution in [0.5, 0.6) is 0 Å². The third-order valence-electron chi connectivity index (χ3n) is 3.99. The molecule has 2 N–H and O–H groups in total. The van der Waals surface area contributed by atoms with Crippen molar-refractivity contribution in [3.05, 3.63) is 76.2 Å². The van der Waals surface area contributed by atoms with Crippen LogP contribution in [-0.2, 0) is 17.9 Å². The quantitative estimate of drug-likeness (QED) is 0.720. The van der Waals surface area contributed by atoms with Crippen molar-refractivity contribution in [3.8, 4) is 0 Å². The van der Waals surface area contributed by atoms with Crippen LogP contribution in [0.2, 0.25) is 0 Å². The smallest absolute Gasteiger partial charge is 0.269 e. The van der Waals surface area contributed by atoms with Crippen molar-refractivity contribution < 1.29 is 9.59 Å². The molecular weight excluding hydrogens is 332 g/mol. The third kappa shape index (κ3) is 3.77. The van der Waals surface area contributed by atoms with E-state index in [1.54, 1.807) is 49.5 Å². The minimum Gasteiger partial charge on any atom is -0.355 e. The Labute approximate surface area is 149 Å². The molecule has 0 fully saturated rings. The molecule has 2 aromatic carbocycles. The molecule has 0 spiro atoms. The molecule has 3 aromatic rings. The second-order valence-corrected chi connectivity index (χ2v) is 5.72. The van der Waals surface area contributed by atoms with Crippen molar-refractivity contribution in [2.24, 2.45) is 0 Å². The van der Waals surface area contributed by atoms with Gasteiger partial charge in [-0.2, -0.15) is 0 Å². The van der Waals surface area contributed by atoms with Gasteiger partial charge in [0.15, 0.2) is 0 Å². The maximum Gasteiger partial charge on any atom is 0.269 e. The number of para-hydroxylation sites is 2. The Morgan fingerprint density at radius 2 is 1.81 bits per heavy atom. The van der Waals surface area contributed by atoms with Gasteiger partial charge < -0.3 is 10.6 Å². The average molecular weight is 350 g/mol. The Hall–Kier alpha value is -3.48. The number of amides is 2. The lowest BCUT2D eigenvalue weighted by Gasteiger charge is -2.10. The summed E-state index contributed by atoms with van der Waals surface area (Å²) in [5.41, 5.74) is 2.36. The van der Waals surface area contributed by atoms with Crippen molar-refractivity contribution in [2.75, 3.05) is 7.05 Å². The minimum absolute atomic E-state index is 0.0851. The minimum atomic E-state index is -0.325. The summed E-state index contributed by atoms with van der Waals surface area (Å²) in [7, 11) is 1.57. The molecule has 0 saturated heterocycles. The van der Waals surface area contributed by atoms with E-state index >= 15 is 0 Å². The molecular formula is C19H18N4O3. The van der Waals surface area contributed by atoms with Crippen molar-refractivity contribution in [3.63, 3.8) is 0 Å². The van der Waals surface area contributed by atoms with Crippen LogP contribution < -0.4 is 16.2 Å². The molecule has 0 saturated carbocycles.